The van der Waals surface area contributed by atoms with E-state index in [9.17, 15) is 14.4 Å². The number of benzene rings is 1. The van der Waals surface area contributed by atoms with Crippen molar-refractivity contribution in [1.29, 1.82) is 0 Å². The lowest BCUT2D eigenvalue weighted by molar-refractivity contribution is 0.103. The van der Waals surface area contributed by atoms with Gasteiger partial charge in [0.05, 0.1) is 5.52 Å². The number of aryl methyl sites for hydroxylation is 2. The van der Waals surface area contributed by atoms with Crippen LogP contribution in [0.15, 0.2) is 45.0 Å². The molecule has 0 unspecified atom stereocenters. The molecule has 0 amide bonds. The molecule has 23 heavy (non-hydrogen) atoms. The van der Waals surface area contributed by atoms with Crippen LogP contribution in [-0.2, 0) is 13.6 Å². The van der Waals surface area contributed by atoms with Crippen molar-refractivity contribution in [1.82, 2.24) is 14.3 Å². The minimum absolute atomic E-state index is 0.0519. The molecule has 0 radical (unpaired) electrons. The second kappa shape index (κ2) is 5.28. The summed E-state index contributed by atoms with van der Waals surface area (Å²) in [7, 11) is 1.53. The van der Waals surface area contributed by atoms with E-state index in [-0.39, 0.29) is 12.1 Å². The fraction of sp³-hybridized carbons (Fsp3) is 0.188. The minimum Gasteiger partial charge on any atom is -0.408 e. The lowest BCUT2D eigenvalue weighted by atomic mass is 10.00. The molecule has 0 fully saturated rings. The molecular weight excluding hydrogens is 298 g/mol. The lowest BCUT2D eigenvalue weighted by Gasteiger charge is -2.06. The molecule has 0 aliphatic rings. The van der Waals surface area contributed by atoms with E-state index >= 15 is 0 Å². The fourth-order valence-electron chi connectivity index (χ4n) is 2.64. The maximum absolute atomic E-state index is 12.6. The molecule has 2 aromatic heterocycles. The highest BCUT2D eigenvalue weighted by Crippen LogP contribution is 2.23. The largest absolute Gasteiger partial charge is 0.420 e. The molecule has 0 saturated heterocycles. The first-order valence-electron chi connectivity index (χ1n) is 6.98. The van der Waals surface area contributed by atoms with Crippen LogP contribution in [0, 0.1) is 6.92 Å². The summed E-state index contributed by atoms with van der Waals surface area (Å²) < 4.78 is 7.81. The number of rotatable bonds is 4. The normalized spacial score (nSPS) is 11.0. The van der Waals surface area contributed by atoms with Crippen molar-refractivity contribution >= 4 is 16.9 Å². The number of H-pyrrole nitrogens is 1. The number of nitrogens with one attached hydrogen (secondary N) is 1. The summed E-state index contributed by atoms with van der Waals surface area (Å²) >= 11 is 0. The van der Waals surface area contributed by atoms with Crippen LogP contribution in [0.1, 0.15) is 21.5 Å². The Hall–Kier alpha value is -3.09. The van der Waals surface area contributed by atoms with Crippen LogP contribution < -0.4 is 11.3 Å². The van der Waals surface area contributed by atoms with E-state index in [0.29, 0.717) is 22.2 Å². The Morgan fingerprint density at radius 3 is 2.70 bits per heavy atom. The van der Waals surface area contributed by atoms with Gasteiger partial charge in [-0.15, -0.1) is 6.58 Å². The van der Waals surface area contributed by atoms with Crippen LogP contribution >= 0.6 is 0 Å². The van der Waals surface area contributed by atoms with E-state index in [0.717, 1.165) is 0 Å². The highest BCUT2D eigenvalue weighted by Gasteiger charge is 2.21. The van der Waals surface area contributed by atoms with Crippen molar-refractivity contribution in [3.63, 3.8) is 0 Å². The van der Waals surface area contributed by atoms with Gasteiger partial charge in [-0.1, -0.05) is 6.08 Å². The third-order valence-corrected chi connectivity index (χ3v) is 3.82. The molecule has 1 N–H and O–H groups in total. The first-order chi connectivity index (χ1) is 11.0. The summed E-state index contributed by atoms with van der Waals surface area (Å²) in [5.74, 6) is -0.907. The molecule has 0 bridgehead atoms. The number of hydrogen-bond donors (Lipinski definition) is 1. The Labute approximate surface area is 130 Å². The molecule has 7 heteroatoms. The van der Waals surface area contributed by atoms with E-state index in [1.165, 1.54) is 22.5 Å². The zero-order chi connectivity index (χ0) is 16.7. The number of allylic oxidation sites excluding steroid dienone is 1. The molecule has 7 nitrogen and oxygen atoms in total. The Morgan fingerprint density at radius 1 is 1.35 bits per heavy atom. The molecule has 3 rings (SSSR count). The van der Waals surface area contributed by atoms with Crippen LogP contribution in [0.4, 0.5) is 0 Å². The van der Waals surface area contributed by atoms with E-state index in [2.05, 4.69) is 11.7 Å². The molecular formula is C16H15N3O4. The summed E-state index contributed by atoms with van der Waals surface area (Å²) in [5, 5.41) is 2.68. The van der Waals surface area contributed by atoms with Gasteiger partial charge in [0.15, 0.2) is 5.58 Å². The number of aromatic amines is 1. The zero-order valence-corrected chi connectivity index (χ0v) is 12.8. The van der Waals surface area contributed by atoms with Crippen molar-refractivity contribution in [2.75, 3.05) is 0 Å². The van der Waals surface area contributed by atoms with Gasteiger partial charge in [-0.3, -0.25) is 18.8 Å². The highest BCUT2D eigenvalue weighted by molar-refractivity contribution is 6.11. The molecule has 0 aliphatic heterocycles. The van der Waals surface area contributed by atoms with Crippen LogP contribution in [-0.4, -0.2) is 20.1 Å². The van der Waals surface area contributed by atoms with Crippen molar-refractivity contribution in [3.05, 3.63) is 68.6 Å². The summed E-state index contributed by atoms with van der Waals surface area (Å²) in [6.07, 6.45) is 2.95. The Balaban J connectivity index is 2.25. The molecule has 118 valence electrons. The smallest absolute Gasteiger partial charge is 0.408 e. The number of fused-ring (bicyclic) bond motifs is 1. The molecule has 2 heterocycles. The van der Waals surface area contributed by atoms with E-state index in [4.69, 9.17) is 4.42 Å². The van der Waals surface area contributed by atoms with Crippen LogP contribution in [0.25, 0.3) is 11.1 Å². The fourth-order valence-corrected chi connectivity index (χ4v) is 2.64. The zero-order valence-electron chi connectivity index (χ0n) is 12.8. The van der Waals surface area contributed by atoms with E-state index in [1.54, 1.807) is 25.1 Å². The van der Waals surface area contributed by atoms with Crippen molar-refractivity contribution in [2.24, 2.45) is 7.05 Å². The van der Waals surface area contributed by atoms with E-state index in [1.807, 2.05) is 0 Å². The summed E-state index contributed by atoms with van der Waals surface area (Å²) in [4.78, 5) is 36.5. The molecule has 1 aromatic carbocycles. The Kier molecular flexibility index (Phi) is 3.40. The lowest BCUT2D eigenvalue weighted by Crippen LogP contribution is -2.20. The van der Waals surface area contributed by atoms with Crippen molar-refractivity contribution in [3.8, 4) is 0 Å². The van der Waals surface area contributed by atoms with Gasteiger partial charge in [-0.2, -0.15) is 0 Å². The maximum Gasteiger partial charge on any atom is 0.420 e. The molecule has 3 aromatic rings. The Bertz CT molecular complexity index is 1050. The highest BCUT2D eigenvalue weighted by atomic mass is 16.4. The SMILES string of the molecule is C=CCn1c(=O)oc2ccc(C(=O)c3c[nH]n(C)c3=O)c(C)c21. The number of carbonyl (C=O) groups is 1. The van der Waals surface area contributed by atoms with Gasteiger partial charge < -0.3 is 9.52 Å². The summed E-state index contributed by atoms with van der Waals surface area (Å²) in [6, 6.07) is 3.13. The van der Waals surface area contributed by atoms with Crippen LogP contribution in [0.3, 0.4) is 0 Å². The predicted octanol–water partition coefficient (Wildman–Crippen LogP) is 1.35. The average molecular weight is 313 g/mol. The average Bonchev–Trinajstić information content (AvgIpc) is 3.01. The molecule has 0 saturated carbocycles. The standard InChI is InChI=1S/C16H15N3O4/c1-4-7-19-13-9(2)10(5-6-12(13)23-16(19)22)14(20)11-8-17-18(3)15(11)21/h4-6,8,17H,1,7H2,2-3H3. The quantitative estimate of drug-likeness (QED) is 0.581. The monoisotopic (exact) mass is 313 g/mol. The van der Waals surface area contributed by atoms with Gasteiger partial charge in [0.2, 0.25) is 5.78 Å². The topological polar surface area (TPSA) is 90.0 Å². The number of oxazole rings is 1. The van der Waals surface area contributed by atoms with Crippen LogP contribution in [0.5, 0.6) is 0 Å². The Morgan fingerprint density at radius 2 is 2.09 bits per heavy atom. The third-order valence-electron chi connectivity index (χ3n) is 3.82. The molecule has 0 spiro atoms. The van der Waals surface area contributed by atoms with Gasteiger partial charge >= 0.3 is 5.76 Å². The second-order valence-electron chi connectivity index (χ2n) is 5.23. The van der Waals surface area contributed by atoms with Gasteiger partial charge in [0.1, 0.15) is 5.56 Å². The van der Waals surface area contributed by atoms with Gasteiger partial charge in [0, 0.05) is 25.4 Å². The number of hydrogen-bond acceptors (Lipinski definition) is 4. The van der Waals surface area contributed by atoms with Gasteiger partial charge in [0.25, 0.3) is 5.56 Å². The maximum atomic E-state index is 12.6. The number of ketones is 1. The van der Waals surface area contributed by atoms with Crippen molar-refractivity contribution in [2.45, 2.75) is 13.5 Å². The number of carbonyl (C=O) groups excluding carboxylic acids is 1. The molecule has 0 aliphatic carbocycles. The summed E-state index contributed by atoms with van der Waals surface area (Å²) in [5.41, 5.74) is 1.53. The third kappa shape index (κ3) is 2.17. The predicted molar refractivity (Wildman–Crippen MR) is 84.9 cm³/mol. The minimum atomic E-state index is -0.509. The van der Waals surface area contributed by atoms with Gasteiger partial charge in [-0.25, -0.2) is 4.79 Å². The second-order valence-corrected chi connectivity index (χ2v) is 5.23. The first kappa shape index (κ1) is 14.8. The van der Waals surface area contributed by atoms with Gasteiger partial charge in [-0.05, 0) is 24.6 Å². The summed E-state index contributed by atoms with van der Waals surface area (Å²) in [6.45, 7) is 5.61. The number of nitrogens with zero attached hydrogens (tertiary/aromatic N) is 2. The van der Waals surface area contributed by atoms with E-state index < -0.39 is 17.1 Å². The first-order valence-corrected chi connectivity index (χ1v) is 6.98. The van der Waals surface area contributed by atoms with Crippen LogP contribution in [0.2, 0.25) is 0 Å². The molecule has 0 atom stereocenters. The van der Waals surface area contributed by atoms with Crippen molar-refractivity contribution < 1.29 is 9.21 Å². The number of aromatic nitrogens is 3.